The third kappa shape index (κ3) is 5.92. The van der Waals surface area contributed by atoms with Crippen molar-refractivity contribution in [3.8, 4) is 0 Å². The molecule has 2 heterocycles. The zero-order chi connectivity index (χ0) is 25.1. The van der Waals surface area contributed by atoms with Gasteiger partial charge in [-0.25, -0.2) is 13.1 Å². The van der Waals surface area contributed by atoms with Crippen molar-refractivity contribution in [3.05, 3.63) is 52.4 Å². The average molecular weight is 505 g/mol. The third-order valence-corrected chi connectivity index (χ3v) is 8.29. The number of rotatable bonds is 10. The lowest BCUT2D eigenvalue weighted by molar-refractivity contribution is 0.102. The molecule has 0 bridgehead atoms. The molecular weight excluding hydrogens is 472 g/mol. The van der Waals surface area contributed by atoms with Gasteiger partial charge in [0.1, 0.15) is 0 Å². The van der Waals surface area contributed by atoms with E-state index in [9.17, 15) is 18.0 Å². The van der Waals surface area contributed by atoms with Crippen LogP contribution in [-0.2, 0) is 21.3 Å². The Bertz CT molecular complexity index is 1230. The predicted octanol–water partition coefficient (Wildman–Crippen LogP) is 1.40. The van der Waals surface area contributed by atoms with Crippen LogP contribution in [-0.4, -0.2) is 64.0 Å². The Balaban J connectivity index is 1.62. The molecular formula is C24H32N4O6S. The van der Waals surface area contributed by atoms with Crippen molar-refractivity contribution >= 4 is 27.3 Å². The Kier molecular flexibility index (Phi) is 7.60. The normalized spacial score (nSPS) is 16.9. The first-order chi connectivity index (χ1) is 16.8. The number of hydrogen-bond donors (Lipinski definition) is 3. The molecule has 1 aliphatic heterocycles. The number of carbonyl (C=O) groups excluding carboxylic acids is 1. The van der Waals surface area contributed by atoms with E-state index in [1.807, 2.05) is 0 Å². The summed E-state index contributed by atoms with van der Waals surface area (Å²) in [6.45, 7) is 1.80. The number of amides is 1. The molecule has 35 heavy (non-hydrogen) atoms. The van der Waals surface area contributed by atoms with E-state index in [0.29, 0.717) is 35.5 Å². The summed E-state index contributed by atoms with van der Waals surface area (Å²) in [5.41, 5.74) is 1.58. The van der Waals surface area contributed by atoms with Crippen molar-refractivity contribution < 1.29 is 23.1 Å². The van der Waals surface area contributed by atoms with Gasteiger partial charge < -0.3 is 24.6 Å². The highest BCUT2D eigenvalue weighted by Crippen LogP contribution is 2.54. The molecule has 0 radical (unpaired) electrons. The van der Waals surface area contributed by atoms with E-state index < -0.39 is 15.9 Å². The molecule has 1 amide bonds. The first-order valence-electron chi connectivity index (χ1n) is 11.8. The number of aliphatic hydroxyl groups excluding tert-OH is 1. The van der Waals surface area contributed by atoms with Gasteiger partial charge >= 0.3 is 0 Å². The predicted molar refractivity (Wildman–Crippen MR) is 132 cm³/mol. The number of aromatic nitrogens is 1. The van der Waals surface area contributed by atoms with Gasteiger partial charge in [0.15, 0.2) is 0 Å². The molecule has 2 fully saturated rings. The highest BCUT2D eigenvalue weighted by molar-refractivity contribution is 7.89. The summed E-state index contributed by atoms with van der Waals surface area (Å²) < 4.78 is 34.2. The Hall–Kier alpha value is -2.73. The standard InChI is InChI=1S/C24H32N4O6S/c1-34-15-13-28-17-18(2-5-22(28)30)26-23(31)20-4-3-19(35(32,33)25-10-14-29)16-21(20)27-11-8-24(6-7-24)9-12-27/h2-5,16-17,25,29H,6-15H2,1H3,(H,26,31). The first kappa shape index (κ1) is 25.4. The Morgan fingerprint density at radius 1 is 1.14 bits per heavy atom. The molecule has 1 aromatic heterocycles. The van der Waals surface area contributed by atoms with Crippen LogP contribution in [0.4, 0.5) is 11.4 Å². The van der Waals surface area contributed by atoms with Crippen LogP contribution in [0.25, 0.3) is 0 Å². The summed E-state index contributed by atoms with van der Waals surface area (Å²) in [5, 5.41) is 11.9. The summed E-state index contributed by atoms with van der Waals surface area (Å²) in [7, 11) is -2.28. The van der Waals surface area contributed by atoms with Crippen LogP contribution in [0.3, 0.4) is 0 Å². The number of pyridine rings is 1. The van der Waals surface area contributed by atoms with Gasteiger partial charge in [-0.3, -0.25) is 9.59 Å². The van der Waals surface area contributed by atoms with Crippen molar-refractivity contribution in [1.29, 1.82) is 0 Å². The molecule has 1 spiro atoms. The maximum Gasteiger partial charge on any atom is 0.257 e. The summed E-state index contributed by atoms with van der Waals surface area (Å²) >= 11 is 0. The number of hydrogen-bond acceptors (Lipinski definition) is 7. The van der Waals surface area contributed by atoms with Crippen LogP contribution < -0.4 is 20.5 Å². The van der Waals surface area contributed by atoms with Gasteiger partial charge in [0.05, 0.1) is 35.0 Å². The molecule has 1 saturated carbocycles. The molecule has 2 aliphatic rings. The molecule has 4 rings (SSSR count). The summed E-state index contributed by atoms with van der Waals surface area (Å²) in [6, 6.07) is 7.36. The smallest absolute Gasteiger partial charge is 0.257 e. The lowest BCUT2D eigenvalue weighted by Gasteiger charge is -2.35. The molecule has 1 saturated heterocycles. The van der Waals surface area contributed by atoms with Crippen molar-refractivity contribution in [1.82, 2.24) is 9.29 Å². The molecule has 3 N–H and O–H groups in total. The first-order valence-corrected chi connectivity index (χ1v) is 13.3. The second kappa shape index (κ2) is 10.5. The quantitative estimate of drug-likeness (QED) is 0.446. The molecule has 1 aliphatic carbocycles. The lowest BCUT2D eigenvalue weighted by Crippen LogP contribution is -2.36. The Morgan fingerprint density at radius 3 is 2.54 bits per heavy atom. The van der Waals surface area contributed by atoms with Crippen LogP contribution in [0, 0.1) is 5.41 Å². The fourth-order valence-electron chi connectivity index (χ4n) is 4.46. The van der Waals surface area contributed by atoms with Gasteiger partial charge in [-0.15, -0.1) is 0 Å². The van der Waals surface area contributed by atoms with Crippen molar-refractivity contribution in [3.63, 3.8) is 0 Å². The summed E-state index contributed by atoms with van der Waals surface area (Å²) in [6.07, 6.45) is 6.05. The van der Waals surface area contributed by atoms with Crippen LogP contribution in [0.1, 0.15) is 36.0 Å². The number of ether oxygens (including phenoxy) is 1. The van der Waals surface area contributed by atoms with E-state index in [1.165, 1.54) is 41.7 Å². The van der Waals surface area contributed by atoms with Crippen LogP contribution in [0.5, 0.6) is 0 Å². The number of aliphatic hydroxyl groups is 1. The van der Waals surface area contributed by atoms with Crippen molar-refractivity contribution in [2.75, 3.05) is 50.2 Å². The van der Waals surface area contributed by atoms with Crippen molar-refractivity contribution in [2.24, 2.45) is 5.41 Å². The highest BCUT2D eigenvalue weighted by atomic mass is 32.2. The number of benzene rings is 1. The van der Waals surface area contributed by atoms with Gasteiger partial charge in [-0.05, 0) is 55.4 Å². The summed E-state index contributed by atoms with van der Waals surface area (Å²) in [5.74, 6) is -0.393. The maximum atomic E-state index is 13.3. The van der Waals surface area contributed by atoms with Gasteiger partial charge in [0.2, 0.25) is 10.0 Å². The molecule has 10 nitrogen and oxygen atoms in total. The van der Waals surface area contributed by atoms with E-state index in [-0.39, 0.29) is 23.6 Å². The molecule has 1 aromatic carbocycles. The fraction of sp³-hybridized carbons (Fsp3) is 0.500. The minimum atomic E-state index is -3.83. The van der Waals surface area contributed by atoms with Gasteiger partial charge in [0.25, 0.3) is 11.5 Å². The minimum absolute atomic E-state index is 0.0392. The topological polar surface area (TPSA) is 130 Å². The minimum Gasteiger partial charge on any atom is -0.395 e. The lowest BCUT2D eigenvalue weighted by atomic mass is 9.93. The van der Waals surface area contributed by atoms with Gasteiger partial charge in [0, 0.05) is 45.6 Å². The Morgan fingerprint density at radius 2 is 1.89 bits per heavy atom. The molecule has 11 heteroatoms. The second-order valence-electron chi connectivity index (χ2n) is 9.18. The van der Waals surface area contributed by atoms with E-state index in [1.54, 1.807) is 19.4 Å². The largest absolute Gasteiger partial charge is 0.395 e. The fourth-order valence-corrected chi connectivity index (χ4v) is 5.50. The van der Waals surface area contributed by atoms with E-state index in [4.69, 9.17) is 9.84 Å². The average Bonchev–Trinajstić information content (AvgIpc) is 3.61. The molecule has 2 aromatic rings. The third-order valence-electron chi connectivity index (χ3n) is 6.83. The number of sulfonamides is 1. The molecule has 0 unspecified atom stereocenters. The Labute approximate surface area is 205 Å². The number of nitrogens with zero attached hydrogens (tertiary/aromatic N) is 2. The van der Waals surface area contributed by atoms with Crippen LogP contribution >= 0.6 is 0 Å². The van der Waals surface area contributed by atoms with Crippen molar-refractivity contribution in [2.45, 2.75) is 37.1 Å². The monoisotopic (exact) mass is 504 g/mol. The number of nitrogens with one attached hydrogen (secondary N) is 2. The highest BCUT2D eigenvalue weighted by Gasteiger charge is 2.44. The second-order valence-corrected chi connectivity index (χ2v) is 11.0. The zero-order valence-corrected chi connectivity index (χ0v) is 20.6. The molecule has 0 atom stereocenters. The van der Waals surface area contributed by atoms with Crippen LogP contribution in [0.15, 0.2) is 46.2 Å². The zero-order valence-electron chi connectivity index (χ0n) is 19.8. The number of carbonyl (C=O) groups is 1. The number of methoxy groups -OCH3 is 1. The van der Waals surface area contributed by atoms with Gasteiger partial charge in [-0.1, -0.05) is 0 Å². The molecule has 190 valence electrons. The summed E-state index contributed by atoms with van der Waals surface area (Å²) in [4.78, 5) is 27.5. The van der Waals surface area contributed by atoms with E-state index in [2.05, 4.69) is 14.9 Å². The maximum absolute atomic E-state index is 13.3. The number of anilines is 2. The van der Waals surface area contributed by atoms with E-state index in [0.717, 1.165) is 25.9 Å². The van der Waals surface area contributed by atoms with Crippen LogP contribution in [0.2, 0.25) is 0 Å². The SMILES string of the molecule is COCCn1cc(NC(=O)c2ccc(S(=O)(=O)NCCO)cc2N2CCC3(CC2)CC3)ccc1=O. The van der Waals surface area contributed by atoms with Gasteiger partial charge in [-0.2, -0.15) is 0 Å². The number of piperidine rings is 1. The van der Waals surface area contributed by atoms with E-state index >= 15 is 0 Å².